The van der Waals surface area contributed by atoms with Crippen LogP contribution in [0.1, 0.15) is 38.5 Å². The summed E-state index contributed by atoms with van der Waals surface area (Å²) in [4.78, 5) is 11.6. The lowest BCUT2D eigenvalue weighted by Gasteiger charge is -2.37. The van der Waals surface area contributed by atoms with Crippen LogP contribution >= 0.6 is 0 Å². The van der Waals surface area contributed by atoms with Crippen molar-refractivity contribution >= 4 is 22.9 Å². The summed E-state index contributed by atoms with van der Waals surface area (Å²) in [5.74, 6) is 1.68. The summed E-state index contributed by atoms with van der Waals surface area (Å²) in [6.45, 7) is 1.74. The van der Waals surface area contributed by atoms with Crippen molar-refractivity contribution < 1.29 is 9.37 Å². The molecule has 0 radical (unpaired) electrons. The second-order valence-corrected chi connectivity index (χ2v) is 6.35. The number of fused-ring (bicyclic) bond motifs is 1. The molecule has 0 aromatic carbocycles. The van der Waals surface area contributed by atoms with E-state index >= 15 is 0 Å². The Balaban J connectivity index is 1.68. The zero-order chi connectivity index (χ0) is 15.6. The molecule has 2 aromatic heterocycles. The number of ether oxygens (including phenoxy) is 1. The van der Waals surface area contributed by atoms with Crippen molar-refractivity contribution in [3.8, 4) is 0 Å². The molecular formula is C15H22N6O2. The number of nitrogens with zero attached hydrogens (tertiary/aromatic N) is 5. The van der Waals surface area contributed by atoms with Gasteiger partial charge in [-0.1, -0.05) is 0 Å². The Morgan fingerprint density at radius 3 is 2.78 bits per heavy atom. The summed E-state index contributed by atoms with van der Waals surface area (Å²) in [7, 11) is 1.75. The van der Waals surface area contributed by atoms with E-state index in [-0.39, 0.29) is 0 Å². The van der Waals surface area contributed by atoms with E-state index in [1.165, 1.54) is 25.7 Å². The lowest BCUT2D eigenvalue weighted by atomic mass is 9.99. The number of rotatable bonds is 6. The average Bonchev–Trinajstić information content (AvgIpc) is 3.27. The molecule has 1 atom stereocenters. The van der Waals surface area contributed by atoms with E-state index < -0.39 is 0 Å². The first kappa shape index (κ1) is 14.6. The van der Waals surface area contributed by atoms with Gasteiger partial charge >= 0.3 is 0 Å². The topological polar surface area (TPSA) is 89.2 Å². The highest BCUT2D eigenvalue weighted by atomic mass is 16.6. The molecule has 0 amide bonds. The molecule has 0 spiro atoms. The first-order valence-corrected chi connectivity index (χ1v) is 8.37. The fourth-order valence-electron chi connectivity index (χ4n) is 3.18. The van der Waals surface area contributed by atoms with Gasteiger partial charge in [-0.2, -0.15) is 0 Å². The monoisotopic (exact) mass is 318 g/mol. The van der Waals surface area contributed by atoms with E-state index in [1.807, 2.05) is 0 Å². The summed E-state index contributed by atoms with van der Waals surface area (Å²) >= 11 is 0. The van der Waals surface area contributed by atoms with Crippen LogP contribution in [-0.4, -0.2) is 52.6 Å². The maximum Gasteiger partial charge on any atom is 0.245 e. The Morgan fingerprint density at radius 2 is 2.00 bits per heavy atom. The van der Waals surface area contributed by atoms with Gasteiger partial charge in [-0.15, -0.1) is 0 Å². The van der Waals surface area contributed by atoms with Crippen molar-refractivity contribution in [2.45, 2.75) is 50.6 Å². The summed E-state index contributed by atoms with van der Waals surface area (Å²) in [6, 6.07) is 0.928. The van der Waals surface area contributed by atoms with Crippen LogP contribution < -0.4 is 10.2 Å². The van der Waals surface area contributed by atoms with Crippen molar-refractivity contribution in [1.82, 2.24) is 20.3 Å². The summed E-state index contributed by atoms with van der Waals surface area (Å²) in [6.07, 6.45) is 6.94. The maximum absolute atomic E-state index is 5.28. The second-order valence-electron chi connectivity index (χ2n) is 6.35. The summed E-state index contributed by atoms with van der Waals surface area (Å²) < 4.78 is 10.1. The van der Waals surface area contributed by atoms with E-state index in [0.717, 1.165) is 37.6 Å². The Morgan fingerprint density at radius 1 is 1.17 bits per heavy atom. The van der Waals surface area contributed by atoms with Crippen molar-refractivity contribution in [2.75, 3.05) is 30.5 Å². The number of piperidine rings is 1. The summed E-state index contributed by atoms with van der Waals surface area (Å²) in [5, 5.41) is 11.2. The van der Waals surface area contributed by atoms with Gasteiger partial charge in [0.2, 0.25) is 11.3 Å². The SMILES string of the molecule is COCC[C@@H]1CCCCN1c1nc2nonc2nc1NC1CC1. The molecule has 124 valence electrons. The predicted octanol–water partition coefficient (Wildman–Crippen LogP) is 1.98. The van der Waals surface area contributed by atoms with Crippen LogP contribution in [-0.2, 0) is 4.74 Å². The fraction of sp³-hybridized carbons (Fsp3) is 0.733. The van der Waals surface area contributed by atoms with Crippen molar-refractivity contribution in [3.63, 3.8) is 0 Å². The van der Waals surface area contributed by atoms with E-state index in [0.29, 0.717) is 23.4 Å². The molecule has 1 N–H and O–H groups in total. The number of hydrogen-bond donors (Lipinski definition) is 1. The minimum atomic E-state index is 0.426. The van der Waals surface area contributed by atoms with Crippen molar-refractivity contribution in [3.05, 3.63) is 0 Å². The van der Waals surface area contributed by atoms with Gasteiger partial charge in [0.05, 0.1) is 0 Å². The van der Waals surface area contributed by atoms with Crippen LogP contribution in [0.5, 0.6) is 0 Å². The molecule has 1 saturated heterocycles. The maximum atomic E-state index is 5.28. The molecule has 23 heavy (non-hydrogen) atoms. The molecule has 0 bridgehead atoms. The Hall–Kier alpha value is -1.96. The standard InChI is InChI=1S/C15H22N6O2/c1-22-9-7-11-4-2-3-8-21(11)15-14(16-10-5-6-10)17-12-13(18-15)20-23-19-12/h10-11H,2-9H2,1H3,(H,16,17,19)/t11-/m0/s1. The molecule has 1 aliphatic heterocycles. The van der Waals surface area contributed by atoms with Gasteiger partial charge in [-0.3, -0.25) is 0 Å². The number of nitrogens with one attached hydrogen (secondary N) is 1. The van der Waals surface area contributed by atoms with E-state index in [1.54, 1.807) is 7.11 Å². The second kappa shape index (κ2) is 6.27. The Labute approximate surface area is 134 Å². The molecule has 4 rings (SSSR count). The molecule has 2 fully saturated rings. The smallest absolute Gasteiger partial charge is 0.245 e. The van der Waals surface area contributed by atoms with Gasteiger partial charge in [0.1, 0.15) is 0 Å². The third-order valence-corrected chi connectivity index (χ3v) is 4.57. The highest BCUT2D eigenvalue weighted by Crippen LogP contribution is 2.33. The molecule has 8 nitrogen and oxygen atoms in total. The lowest BCUT2D eigenvalue weighted by molar-refractivity contribution is 0.182. The lowest BCUT2D eigenvalue weighted by Crippen LogP contribution is -2.41. The van der Waals surface area contributed by atoms with Gasteiger partial charge in [-0.25, -0.2) is 14.6 Å². The molecule has 1 saturated carbocycles. The summed E-state index contributed by atoms with van der Waals surface area (Å²) in [5.41, 5.74) is 0.930. The Kier molecular flexibility index (Phi) is 3.99. The van der Waals surface area contributed by atoms with Crippen LogP contribution in [0.25, 0.3) is 11.3 Å². The first-order chi connectivity index (χ1) is 11.3. The van der Waals surface area contributed by atoms with Gasteiger partial charge < -0.3 is 15.0 Å². The Bertz CT molecular complexity index is 671. The van der Waals surface area contributed by atoms with Gasteiger partial charge in [-0.05, 0) is 48.8 Å². The quantitative estimate of drug-likeness (QED) is 0.865. The van der Waals surface area contributed by atoms with E-state index in [4.69, 9.17) is 14.3 Å². The minimum absolute atomic E-state index is 0.426. The van der Waals surface area contributed by atoms with Crippen LogP contribution in [0.15, 0.2) is 4.63 Å². The molecule has 8 heteroatoms. The van der Waals surface area contributed by atoms with Crippen LogP contribution in [0.3, 0.4) is 0 Å². The molecule has 2 aliphatic rings. The van der Waals surface area contributed by atoms with Crippen LogP contribution in [0, 0.1) is 0 Å². The van der Waals surface area contributed by atoms with E-state index in [2.05, 4.69) is 25.5 Å². The average molecular weight is 318 g/mol. The number of methoxy groups -OCH3 is 1. The molecule has 2 aromatic rings. The third-order valence-electron chi connectivity index (χ3n) is 4.57. The number of anilines is 2. The van der Waals surface area contributed by atoms with Crippen molar-refractivity contribution in [1.29, 1.82) is 0 Å². The number of aromatic nitrogens is 4. The highest BCUT2D eigenvalue weighted by Gasteiger charge is 2.30. The minimum Gasteiger partial charge on any atom is -0.385 e. The van der Waals surface area contributed by atoms with Crippen LogP contribution in [0.2, 0.25) is 0 Å². The first-order valence-electron chi connectivity index (χ1n) is 8.37. The van der Waals surface area contributed by atoms with Crippen molar-refractivity contribution in [2.24, 2.45) is 0 Å². The van der Waals surface area contributed by atoms with Gasteiger partial charge in [0.25, 0.3) is 0 Å². The van der Waals surface area contributed by atoms with E-state index in [9.17, 15) is 0 Å². The van der Waals surface area contributed by atoms with Gasteiger partial charge in [0.15, 0.2) is 11.6 Å². The normalized spacial score (nSPS) is 21.8. The number of hydrogen-bond acceptors (Lipinski definition) is 8. The van der Waals surface area contributed by atoms with Crippen LogP contribution in [0.4, 0.5) is 11.6 Å². The largest absolute Gasteiger partial charge is 0.385 e. The van der Waals surface area contributed by atoms with Gasteiger partial charge in [0, 0.05) is 32.3 Å². The zero-order valence-corrected chi connectivity index (χ0v) is 13.4. The zero-order valence-electron chi connectivity index (χ0n) is 13.4. The fourth-order valence-corrected chi connectivity index (χ4v) is 3.18. The molecule has 0 unspecified atom stereocenters. The third kappa shape index (κ3) is 3.08. The molecule has 1 aliphatic carbocycles. The molecule has 3 heterocycles. The highest BCUT2D eigenvalue weighted by molar-refractivity contribution is 5.74. The molecular weight excluding hydrogens is 296 g/mol. The predicted molar refractivity (Wildman–Crippen MR) is 85.5 cm³/mol.